The standard InChI is InChI=1S/C30H39BS3/c1-7-22(4)32-28-16-10-25(11-17-28)31(26-12-18-29(19-13-26)33-23(5)8-2)27-14-20-30(21-15-27)34-24(6)9-3/h10-24H,7-9H2,1-6H3. The van der Waals surface area contributed by atoms with Crippen LogP contribution in [-0.4, -0.2) is 22.5 Å². The van der Waals surface area contributed by atoms with Crippen LogP contribution in [0.15, 0.2) is 87.5 Å². The Morgan fingerprint density at radius 3 is 0.912 bits per heavy atom. The maximum absolute atomic E-state index is 2.33. The molecule has 0 aliphatic carbocycles. The molecule has 0 aliphatic heterocycles. The molecule has 0 saturated heterocycles. The van der Waals surface area contributed by atoms with E-state index in [4.69, 9.17) is 0 Å². The maximum atomic E-state index is 2.33. The van der Waals surface area contributed by atoms with E-state index in [0.717, 1.165) is 0 Å². The summed E-state index contributed by atoms with van der Waals surface area (Å²) in [7, 11) is 0. The molecule has 3 unspecified atom stereocenters. The molecule has 34 heavy (non-hydrogen) atoms. The quantitative estimate of drug-likeness (QED) is 0.181. The average Bonchev–Trinajstić information content (AvgIpc) is 2.87. The third kappa shape index (κ3) is 7.90. The van der Waals surface area contributed by atoms with Crippen molar-refractivity contribution in [1.29, 1.82) is 0 Å². The summed E-state index contributed by atoms with van der Waals surface area (Å²) in [6.07, 6.45) is 3.57. The molecule has 0 spiro atoms. The van der Waals surface area contributed by atoms with Crippen LogP contribution in [0.4, 0.5) is 0 Å². The van der Waals surface area contributed by atoms with E-state index in [1.54, 1.807) is 0 Å². The largest absolute Gasteiger partial charge is 0.241 e. The van der Waals surface area contributed by atoms with Crippen molar-refractivity contribution in [2.45, 2.75) is 91.2 Å². The van der Waals surface area contributed by atoms with Gasteiger partial charge in [-0.2, -0.15) is 0 Å². The Kier molecular flexibility index (Phi) is 11.1. The molecule has 180 valence electrons. The summed E-state index contributed by atoms with van der Waals surface area (Å²) in [4.78, 5) is 4.08. The molecular weight excluding hydrogens is 467 g/mol. The van der Waals surface area contributed by atoms with Gasteiger partial charge in [-0.25, -0.2) is 0 Å². The highest BCUT2D eigenvalue weighted by Gasteiger charge is 2.22. The summed E-state index contributed by atoms with van der Waals surface area (Å²) < 4.78 is 0. The first-order chi connectivity index (χ1) is 16.4. The Hall–Kier alpha value is -1.23. The smallest absolute Gasteiger partial charge is 0.123 e. The lowest BCUT2D eigenvalue weighted by Gasteiger charge is -2.18. The first-order valence-corrected chi connectivity index (χ1v) is 15.4. The van der Waals surface area contributed by atoms with E-state index in [1.165, 1.54) is 50.3 Å². The Morgan fingerprint density at radius 2 is 0.706 bits per heavy atom. The van der Waals surface area contributed by atoms with Gasteiger partial charge in [0.2, 0.25) is 6.71 Å². The van der Waals surface area contributed by atoms with Crippen molar-refractivity contribution in [2.75, 3.05) is 0 Å². The predicted octanol–water partition coefficient (Wildman–Crippen LogP) is 7.87. The van der Waals surface area contributed by atoms with Crippen LogP contribution >= 0.6 is 35.3 Å². The Morgan fingerprint density at radius 1 is 0.471 bits per heavy atom. The number of hydrogen-bond donors (Lipinski definition) is 0. The summed E-state index contributed by atoms with van der Waals surface area (Å²) in [6.45, 7) is 13.9. The van der Waals surface area contributed by atoms with Gasteiger partial charge in [0.25, 0.3) is 0 Å². The molecule has 3 rings (SSSR count). The van der Waals surface area contributed by atoms with Crippen LogP contribution in [0, 0.1) is 0 Å². The van der Waals surface area contributed by atoms with Gasteiger partial charge in [0.15, 0.2) is 0 Å². The van der Waals surface area contributed by atoms with Gasteiger partial charge in [-0.1, -0.05) is 94.3 Å². The maximum Gasteiger partial charge on any atom is 0.241 e. The summed E-state index contributed by atoms with van der Waals surface area (Å²) in [5.41, 5.74) is 4.08. The second kappa shape index (κ2) is 13.8. The fraction of sp³-hybridized carbons (Fsp3) is 0.400. The van der Waals surface area contributed by atoms with Crippen LogP contribution < -0.4 is 16.4 Å². The highest BCUT2D eigenvalue weighted by Crippen LogP contribution is 2.26. The molecule has 0 bridgehead atoms. The number of benzene rings is 3. The van der Waals surface area contributed by atoms with Crippen LogP contribution in [0.1, 0.15) is 60.8 Å². The molecule has 0 aliphatic rings. The van der Waals surface area contributed by atoms with Crippen LogP contribution in [0.25, 0.3) is 0 Å². The van der Waals surface area contributed by atoms with E-state index in [0.29, 0.717) is 15.7 Å². The minimum atomic E-state index is 0.243. The lowest BCUT2D eigenvalue weighted by molar-refractivity contribution is 0.906. The first kappa shape index (κ1) is 27.4. The third-order valence-electron chi connectivity index (χ3n) is 6.38. The highest BCUT2D eigenvalue weighted by molar-refractivity contribution is 8.00. The lowest BCUT2D eigenvalue weighted by atomic mass is 9.37. The Balaban J connectivity index is 1.92. The second-order valence-electron chi connectivity index (χ2n) is 9.15. The molecule has 0 fully saturated rings. The van der Waals surface area contributed by atoms with Crippen molar-refractivity contribution < 1.29 is 0 Å². The molecule has 4 heteroatoms. The van der Waals surface area contributed by atoms with Crippen LogP contribution in [0.2, 0.25) is 0 Å². The van der Waals surface area contributed by atoms with E-state index in [9.17, 15) is 0 Å². The van der Waals surface area contributed by atoms with Crippen molar-refractivity contribution in [3.63, 3.8) is 0 Å². The molecule has 3 aromatic carbocycles. The van der Waals surface area contributed by atoms with Crippen molar-refractivity contribution in [3.05, 3.63) is 72.8 Å². The average molecular weight is 507 g/mol. The Labute approximate surface area is 221 Å². The van der Waals surface area contributed by atoms with Gasteiger partial charge in [-0.05, 0) is 55.7 Å². The van der Waals surface area contributed by atoms with Gasteiger partial charge in [0, 0.05) is 30.4 Å². The van der Waals surface area contributed by atoms with Gasteiger partial charge >= 0.3 is 0 Å². The van der Waals surface area contributed by atoms with E-state index in [1.807, 2.05) is 35.3 Å². The lowest BCUT2D eigenvalue weighted by Crippen LogP contribution is -2.51. The zero-order valence-corrected chi connectivity index (χ0v) is 24.0. The van der Waals surface area contributed by atoms with Gasteiger partial charge in [-0.15, -0.1) is 35.3 Å². The van der Waals surface area contributed by atoms with Crippen LogP contribution in [-0.2, 0) is 0 Å². The molecule has 0 radical (unpaired) electrons. The van der Waals surface area contributed by atoms with Crippen molar-refractivity contribution in [3.8, 4) is 0 Å². The van der Waals surface area contributed by atoms with Crippen molar-refractivity contribution in [2.24, 2.45) is 0 Å². The SMILES string of the molecule is CCC(C)Sc1ccc(B(c2ccc(SC(C)CC)cc2)c2ccc(SC(C)CC)cc2)cc1. The van der Waals surface area contributed by atoms with E-state index >= 15 is 0 Å². The number of hydrogen-bond acceptors (Lipinski definition) is 3. The molecule has 0 heterocycles. The highest BCUT2D eigenvalue weighted by atomic mass is 32.2. The van der Waals surface area contributed by atoms with E-state index in [-0.39, 0.29) is 6.71 Å². The second-order valence-corrected chi connectivity index (χ2v) is 13.7. The Bertz CT molecular complexity index is 851. The zero-order chi connectivity index (χ0) is 24.5. The predicted molar refractivity (Wildman–Crippen MR) is 161 cm³/mol. The minimum absolute atomic E-state index is 0.243. The fourth-order valence-electron chi connectivity index (χ4n) is 3.74. The molecule has 0 aromatic heterocycles. The molecule has 3 atom stereocenters. The van der Waals surface area contributed by atoms with Gasteiger partial charge in [0.05, 0.1) is 0 Å². The summed E-state index contributed by atoms with van der Waals surface area (Å²) in [5, 5.41) is 1.94. The molecular formula is C30H39BS3. The number of rotatable bonds is 12. The van der Waals surface area contributed by atoms with Gasteiger partial charge in [0.1, 0.15) is 0 Å². The minimum Gasteiger partial charge on any atom is -0.123 e. The van der Waals surface area contributed by atoms with Crippen LogP contribution in [0.3, 0.4) is 0 Å². The van der Waals surface area contributed by atoms with Crippen LogP contribution in [0.5, 0.6) is 0 Å². The summed E-state index contributed by atoms with van der Waals surface area (Å²) >= 11 is 5.91. The van der Waals surface area contributed by atoms with Gasteiger partial charge < -0.3 is 0 Å². The van der Waals surface area contributed by atoms with E-state index in [2.05, 4.69) is 114 Å². The zero-order valence-electron chi connectivity index (χ0n) is 21.6. The molecule has 3 aromatic rings. The monoisotopic (exact) mass is 506 g/mol. The van der Waals surface area contributed by atoms with Gasteiger partial charge in [-0.3, -0.25) is 0 Å². The number of thioether (sulfide) groups is 3. The molecule has 0 saturated carbocycles. The topological polar surface area (TPSA) is 0 Å². The molecule has 0 nitrogen and oxygen atoms in total. The first-order valence-electron chi connectivity index (χ1n) is 12.7. The normalized spacial score (nSPS) is 13.9. The fourth-order valence-corrected chi connectivity index (χ4v) is 6.51. The van der Waals surface area contributed by atoms with Crippen molar-refractivity contribution in [1.82, 2.24) is 0 Å². The molecule has 0 amide bonds. The molecule has 0 N–H and O–H groups in total. The summed E-state index contributed by atoms with van der Waals surface area (Å²) in [5.74, 6) is 0. The third-order valence-corrected chi connectivity index (χ3v) is 10.2. The van der Waals surface area contributed by atoms with Crippen molar-refractivity contribution >= 4 is 58.4 Å². The van der Waals surface area contributed by atoms with E-state index < -0.39 is 0 Å². The summed E-state index contributed by atoms with van der Waals surface area (Å²) in [6, 6.07) is 27.8.